The van der Waals surface area contributed by atoms with E-state index in [0.717, 1.165) is 31.7 Å². The molecule has 0 amide bonds. The van der Waals surface area contributed by atoms with Crippen molar-refractivity contribution in [2.45, 2.75) is 39.2 Å². The topological polar surface area (TPSA) is 51.0 Å². The van der Waals surface area contributed by atoms with E-state index >= 15 is 0 Å². The molecule has 98 valence electrons. The van der Waals surface area contributed by atoms with Gasteiger partial charge in [0.2, 0.25) is 11.8 Å². The Hall–Kier alpha value is -1.20. The zero-order valence-corrected chi connectivity index (χ0v) is 11.7. The minimum absolute atomic E-state index is 0.133. The van der Waals surface area contributed by atoms with Gasteiger partial charge in [-0.1, -0.05) is 13.0 Å². The van der Waals surface area contributed by atoms with E-state index in [-0.39, 0.29) is 6.04 Å². The molecule has 0 aliphatic rings. The Morgan fingerprint density at radius 3 is 3.00 bits per heavy atom. The molecule has 0 aliphatic carbocycles. The molecule has 0 saturated carbocycles. The van der Waals surface area contributed by atoms with Crippen LogP contribution in [0.4, 0.5) is 0 Å². The number of hydrogen-bond acceptors (Lipinski definition) is 5. The van der Waals surface area contributed by atoms with Crippen LogP contribution in [0.1, 0.15) is 43.0 Å². The molecule has 4 nitrogen and oxygen atoms in total. The second kappa shape index (κ2) is 6.66. The second-order valence-electron chi connectivity index (χ2n) is 4.25. The van der Waals surface area contributed by atoms with Crippen molar-refractivity contribution in [2.75, 3.05) is 6.54 Å². The highest BCUT2D eigenvalue weighted by Gasteiger charge is 2.12. The Labute approximate surface area is 111 Å². The summed E-state index contributed by atoms with van der Waals surface area (Å²) in [5.74, 6) is 1.43. The van der Waals surface area contributed by atoms with E-state index in [1.165, 1.54) is 4.88 Å². The van der Waals surface area contributed by atoms with Crippen LogP contribution in [0.15, 0.2) is 21.9 Å². The molecule has 5 heteroatoms. The van der Waals surface area contributed by atoms with Crippen molar-refractivity contribution in [3.05, 3.63) is 34.2 Å². The highest BCUT2D eigenvalue weighted by Crippen LogP contribution is 2.14. The van der Waals surface area contributed by atoms with E-state index in [1.54, 1.807) is 11.3 Å². The third-order valence-corrected chi connectivity index (χ3v) is 3.69. The number of rotatable bonds is 7. The third kappa shape index (κ3) is 3.65. The van der Waals surface area contributed by atoms with Crippen molar-refractivity contribution < 1.29 is 4.42 Å². The van der Waals surface area contributed by atoms with Crippen LogP contribution in [0.5, 0.6) is 0 Å². The van der Waals surface area contributed by atoms with Crippen LogP contribution >= 0.6 is 11.3 Å². The summed E-state index contributed by atoms with van der Waals surface area (Å²) < 4.78 is 5.64. The second-order valence-corrected chi connectivity index (χ2v) is 5.28. The summed E-state index contributed by atoms with van der Waals surface area (Å²) in [4.78, 5) is 1.41. The molecular formula is C13H19N3OS. The van der Waals surface area contributed by atoms with Crippen LogP contribution in [0.3, 0.4) is 0 Å². The number of aromatic nitrogens is 2. The largest absolute Gasteiger partial charge is 0.424 e. The van der Waals surface area contributed by atoms with E-state index in [2.05, 4.69) is 40.0 Å². The van der Waals surface area contributed by atoms with Crippen molar-refractivity contribution in [1.82, 2.24) is 15.5 Å². The summed E-state index contributed by atoms with van der Waals surface area (Å²) in [5, 5.41) is 13.5. The lowest BCUT2D eigenvalue weighted by molar-refractivity contribution is 0.394. The van der Waals surface area contributed by atoms with Gasteiger partial charge >= 0.3 is 0 Å². The first-order valence-corrected chi connectivity index (χ1v) is 7.25. The predicted molar refractivity (Wildman–Crippen MR) is 72.7 cm³/mol. The molecule has 2 aromatic heterocycles. The molecule has 2 heterocycles. The molecule has 0 saturated heterocycles. The van der Waals surface area contributed by atoms with Gasteiger partial charge in [0.25, 0.3) is 0 Å². The number of nitrogens with zero attached hydrogens (tertiary/aromatic N) is 2. The lowest BCUT2D eigenvalue weighted by Gasteiger charge is -2.05. The van der Waals surface area contributed by atoms with Crippen LogP contribution < -0.4 is 5.32 Å². The van der Waals surface area contributed by atoms with Crippen molar-refractivity contribution in [2.24, 2.45) is 0 Å². The minimum atomic E-state index is 0.133. The van der Waals surface area contributed by atoms with Gasteiger partial charge in [-0.2, -0.15) is 0 Å². The molecule has 1 unspecified atom stereocenters. The molecule has 1 N–H and O–H groups in total. The summed E-state index contributed by atoms with van der Waals surface area (Å²) in [5.41, 5.74) is 0. The first-order valence-electron chi connectivity index (χ1n) is 6.37. The maximum Gasteiger partial charge on any atom is 0.233 e. The summed E-state index contributed by atoms with van der Waals surface area (Å²) in [6, 6.07) is 4.38. The SMILES string of the molecule is CCNC(C)c1nnc(CCCc2cccs2)o1. The summed E-state index contributed by atoms with van der Waals surface area (Å²) in [6.07, 6.45) is 2.99. The van der Waals surface area contributed by atoms with Gasteiger partial charge in [0.1, 0.15) is 0 Å². The molecule has 0 spiro atoms. The number of thiophene rings is 1. The van der Waals surface area contributed by atoms with E-state index in [0.29, 0.717) is 5.89 Å². The fourth-order valence-electron chi connectivity index (χ4n) is 1.80. The fourth-order valence-corrected chi connectivity index (χ4v) is 2.56. The Morgan fingerprint density at radius 1 is 1.39 bits per heavy atom. The normalized spacial score (nSPS) is 12.8. The van der Waals surface area contributed by atoms with Gasteiger partial charge in [-0.15, -0.1) is 21.5 Å². The minimum Gasteiger partial charge on any atom is -0.424 e. The maximum absolute atomic E-state index is 5.64. The molecular weight excluding hydrogens is 246 g/mol. The van der Waals surface area contributed by atoms with Crippen molar-refractivity contribution in [3.8, 4) is 0 Å². The van der Waals surface area contributed by atoms with Crippen molar-refractivity contribution >= 4 is 11.3 Å². The van der Waals surface area contributed by atoms with Crippen LogP contribution in [-0.2, 0) is 12.8 Å². The molecule has 18 heavy (non-hydrogen) atoms. The first kappa shape index (κ1) is 13.2. The molecule has 0 bridgehead atoms. The lowest BCUT2D eigenvalue weighted by atomic mass is 10.2. The number of aryl methyl sites for hydroxylation is 2. The van der Waals surface area contributed by atoms with Crippen LogP contribution in [0.25, 0.3) is 0 Å². The first-order chi connectivity index (χ1) is 8.79. The van der Waals surface area contributed by atoms with E-state index in [9.17, 15) is 0 Å². The van der Waals surface area contributed by atoms with Gasteiger partial charge in [0.05, 0.1) is 6.04 Å². The van der Waals surface area contributed by atoms with Crippen molar-refractivity contribution in [3.63, 3.8) is 0 Å². The molecule has 0 radical (unpaired) electrons. The Morgan fingerprint density at radius 2 is 2.28 bits per heavy atom. The summed E-state index contributed by atoms with van der Waals surface area (Å²) >= 11 is 1.80. The fraction of sp³-hybridized carbons (Fsp3) is 0.538. The summed E-state index contributed by atoms with van der Waals surface area (Å²) in [6.45, 7) is 5.00. The lowest BCUT2D eigenvalue weighted by Crippen LogP contribution is -2.17. The number of nitrogens with one attached hydrogen (secondary N) is 1. The Balaban J connectivity index is 1.79. The van der Waals surface area contributed by atoms with Gasteiger partial charge in [0, 0.05) is 11.3 Å². The molecule has 0 fully saturated rings. The van der Waals surface area contributed by atoms with Gasteiger partial charge in [0.15, 0.2) is 0 Å². The molecule has 0 aliphatic heterocycles. The van der Waals surface area contributed by atoms with Crippen LogP contribution in [0, 0.1) is 0 Å². The zero-order chi connectivity index (χ0) is 12.8. The number of hydrogen-bond donors (Lipinski definition) is 1. The van der Waals surface area contributed by atoms with Gasteiger partial charge in [-0.05, 0) is 37.8 Å². The van der Waals surface area contributed by atoms with Gasteiger partial charge in [-0.3, -0.25) is 0 Å². The Kier molecular flexibility index (Phi) is 4.90. The average molecular weight is 265 g/mol. The quantitative estimate of drug-likeness (QED) is 0.836. The molecule has 2 rings (SSSR count). The van der Waals surface area contributed by atoms with E-state index in [4.69, 9.17) is 4.42 Å². The monoisotopic (exact) mass is 265 g/mol. The maximum atomic E-state index is 5.64. The molecule has 2 aromatic rings. The predicted octanol–water partition coefficient (Wildman–Crippen LogP) is 2.98. The highest BCUT2D eigenvalue weighted by atomic mass is 32.1. The van der Waals surface area contributed by atoms with Gasteiger partial charge < -0.3 is 9.73 Å². The van der Waals surface area contributed by atoms with E-state index in [1.807, 2.05) is 6.92 Å². The average Bonchev–Trinajstić information content (AvgIpc) is 3.00. The van der Waals surface area contributed by atoms with Gasteiger partial charge in [-0.25, -0.2) is 0 Å². The third-order valence-electron chi connectivity index (χ3n) is 2.76. The van der Waals surface area contributed by atoms with Crippen molar-refractivity contribution in [1.29, 1.82) is 0 Å². The molecule has 0 aromatic carbocycles. The van der Waals surface area contributed by atoms with E-state index < -0.39 is 0 Å². The smallest absolute Gasteiger partial charge is 0.233 e. The molecule has 1 atom stereocenters. The zero-order valence-electron chi connectivity index (χ0n) is 10.8. The highest BCUT2D eigenvalue weighted by molar-refractivity contribution is 7.09. The van der Waals surface area contributed by atoms with Crippen LogP contribution in [-0.4, -0.2) is 16.7 Å². The summed E-state index contributed by atoms with van der Waals surface area (Å²) in [7, 11) is 0. The standard InChI is InChI=1S/C13H19N3OS/c1-3-14-10(2)13-16-15-12(17-13)8-4-6-11-7-5-9-18-11/h5,7,9-10,14H,3-4,6,8H2,1-2H3. The van der Waals surface area contributed by atoms with Crippen LogP contribution in [0.2, 0.25) is 0 Å². The Bertz CT molecular complexity index is 453.